The molecule has 1 aliphatic heterocycles. The summed E-state index contributed by atoms with van der Waals surface area (Å²) in [5.74, 6) is 0.382. The lowest BCUT2D eigenvalue weighted by molar-refractivity contribution is -0.142. The monoisotopic (exact) mass is 364 g/mol. The van der Waals surface area contributed by atoms with Crippen molar-refractivity contribution in [3.05, 3.63) is 28.8 Å². The first-order valence-electron chi connectivity index (χ1n) is 9.17. The van der Waals surface area contributed by atoms with Crippen LogP contribution in [0.2, 0.25) is 0 Å². The zero-order valence-corrected chi connectivity index (χ0v) is 16.7. The average molecular weight is 364 g/mol. The van der Waals surface area contributed by atoms with Crippen LogP contribution < -0.4 is 10.1 Å². The van der Waals surface area contributed by atoms with Crippen LogP contribution in [-0.4, -0.2) is 63.0 Å². The summed E-state index contributed by atoms with van der Waals surface area (Å²) >= 11 is 0. The highest BCUT2D eigenvalue weighted by atomic mass is 16.6. The Hall–Kier alpha value is -1.63. The van der Waals surface area contributed by atoms with Gasteiger partial charge in [-0.1, -0.05) is 12.1 Å². The van der Waals surface area contributed by atoms with Crippen LogP contribution in [0.3, 0.4) is 0 Å². The highest BCUT2D eigenvalue weighted by Crippen LogP contribution is 2.25. The number of hydrogen-bond donors (Lipinski definition) is 1. The zero-order valence-electron chi connectivity index (χ0n) is 16.7. The van der Waals surface area contributed by atoms with E-state index in [0.717, 1.165) is 56.3 Å². The second-order valence-corrected chi connectivity index (χ2v) is 7.44. The van der Waals surface area contributed by atoms with E-state index in [2.05, 4.69) is 40.9 Å². The van der Waals surface area contributed by atoms with Gasteiger partial charge in [0.2, 0.25) is 0 Å². The molecule has 1 heterocycles. The molecule has 1 N–H and O–H groups in total. The summed E-state index contributed by atoms with van der Waals surface area (Å²) in [5.41, 5.74) is 3.36. The first-order valence-corrected chi connectivity index (χ1v) is 9.17. The molecule has 146 valence electrons. The van der Waals surface area contributed by atoms with Crippen LogP contribution in [0.4, 0.5) is 0 Å². The number of nitrogens with one attached hydrogen (secondary N) is 1. The number of nitrogens with zero attached hydrogens (tertiary/aromatic N) is 1. The summed E-state index contributed by atoms with van der Waals surface area (Å²) < 4.78 is 15.7. The van der Waals surface area contributed by atoms with Gasteiger partial charge in [-0.2, -0.15) is 0 Å². The van der Waals surface area contributed by atoms with Crippen LogP contribution in [0.15, 0.2) is 12.1 Å². The number of esters is 1. The lowest BCUT2D eigenvalue weighted by Crippen LogP contribution is -2.54. The largest absolute Gasteiger partial charge is 0.481 e. The fraction of sp³-hybridized carbons (Fsp3) is 0.650. The molecule has 0 saturated carbocycles. The Morgan fingerprint density at radius 2 is 1.85 bits per heavy atom. The van der Waals surface area contributed by atoms with Gasteiger partial charge < -0.3 is 19.5 Å². The molecule has 6 heteroatoms. The number of methoxy groups -OCH3 is 1. The average Bonchev–Trinajstić information content (AvgIpc) is 2.61. The molecule has 0 atom stereocenters. The number of rotatable bonds is 8. The summed E-state index contributed by atoms with van der Waals surface area (Å²) in [6, 6.07) is 4.21. The van der Waals surface area contributed by atoms with Crippen molar-refractivity contribution in [1.82, 2.24) is 10.2 Å². The molecule has 0 radical (unpaired) electrons. The smallest absolute Gasteiger partial charge is 0.343 e. The van der Waals surface area contributed by atoms with E-state index in [1.807, 2.05) is 13.8 Å². The quantitative estimate of drug-likeness (QED) is 0.713. The maximum atomic E-state index is 11.3. The number of ether oxygens (including phenoxy) is 3. The normalized spacial score (nSPS) is 15.7. The molecule has 2 rings (SSSR count). The van der Waals surface area contributed by atoms with Gasteiger partial charge in [-0.15, -0.1) is 0 Å². The van der Waals surface area contributed by atoms with Crippen molar-refractivity contribution in [2.24, 2.45) is 0 Å². The fourth-order valence-corrected chi connectivity index (χ4v) is 3.35. The summed E-state index contributed by atoms with van der Waals surface area (Å²) in [7, 11) is 1.36. The van der Waals surface area contributed by atoms with Gasteiger partial charge in [0, 0.05) is 31.7 Å². The van der Waals surface area contributed by atoms with E-state index in [1.54, 1.807) is 0 Å². The van der Waals surface area contributed by atoms with Crippen molar-refractivity contribution >= 4 is 5.97 Å². The van der Waals surface area contributed by atoms with Crippen LogP contribution in [0.1, 0.15) is 30.5 Å². The van der Waals surface area contributed by atoms with Crippen molar-refractivity contribution in [3.63, 3.8) is 0 Å². The molecular formula is C20H32N2O4. The minimum Gasteiger partial charge on any atom is -0.481 e. The molecule has 0 spiro atoms. The standard InChI is InChI=1S/C20H32N2O4/c1-15-10-17(11-16(2)19(15)26-13-18(23)24-5)12-21-14-20(3,4)22-6-8-25-9-7-22/h10-11,21H,6-9,12-14H2,1-5H3. The summed E-state index contributed by atoms with van der Waals surface area (Å²) in [6.45, 7) is 13.8. The van der Waals surface area contributed by atoms with Gasteiger partial charge >= 0.3 is 5.97 Å². The van der Waals surface area contributed by atoms with Gasteiger partial charge in [-0.25, -0.2) is 4.79 Å². The van der Waals surface area contributed by atoms with Crippen LogP contribution >= 0.6 is 0 Å². The van der Waals surface area contributed by atoms with Gasteiger partial charge in [0.1, 0.15) is 5.75 Å². The van der Waals surface area contributed by atoms with E-state index in [4.69, 9.17) is 9.47 Å². The predicted octanol–water partition coefficient (Wildman–Crippen LogP) is 2.06. The van der Waals surface area contributed by atoms with E-state index in [-0.39, 0.29) is 18.1 Å². The molecular weight excluding hydrogens is 332 g/mol. The van der Waals surface area contributed by atoms with Gasteiger partial charge in [0.25, 0.3) is 0 Å². The van der Waals surface area contributed by atoms with Crippen molar-refractivity contribution in [1.29, 1.82) is 0 Å². The maximum absolute atomic E-state index is 11.3. The molecule has 1 aromatic carbocycles. The highest BCUT2D eigenvalue weighted by molar-refractivity contribution is 5.71. The van der Waals surface area contributed by atoms with E-state index in [0.29, 0.717) is 0 Å². The molecule has 0 bridgehead atoms. The van der Waals surface area contributed by atoms with Crippen LogP contribution in [0, 0.1) is 13.8 Å². The number of carbonyl (C=O) groups excluding carboxylic acids is 1. The molecule has 1 saturated heterocycles. The Bertz CT molecular complexity index is 587. The molecule has 1 aromatic rings. The second-order valence-electron chi connectivity index (χ2n) is 7.44. The lowest BCUT2D eigenvalue weighted by Gasteiger charge is -2.41. The Morgan fingerprint density at radius 3 is 2.42 bits per heavy atom. The third-order valence-corrected chi connectivity index (χ3v) is 4.84. The molecule has 0 aromatic heterocycles. The molecule has 0 unspecified atom stereocenters. The number of morpholine rings is 1. The topological polar surface area (TPSA) is 60.0 Å². The van der Waals surface area contributed by atoms with Crippen molar-refractivity contribution in [2.45, 2.75) is 39.8 Å². The van der Waals surface area contributed by atoms with E-state index in [1.165, 1.54) is 12.7 Å². The third-order valence-electron chi connectivity index (χ3n) is 4.84. The second kappa shape index (κ2) is 9.35. The van der Waals surface area contributed by atoms with Gasteiger partial charge in [0.05, 0.1) is 20.3 Å². The van der Waals surface area contributed by atoms with Crippen LogP contribution in [-0.2, 0) is 20.8 Å². The Kier molecular flexibility index (Phi) is 7.43. The minimum absolute atomic E-state index is 0.0660. The molecule has 26 heavy (non-hydrogen) atoms. The molecule has 0 aliphatic carbocycles. The van der Waals surface area contributed by atoms with Crippen LogP contribution in [0.5, 0.6) is 5.75 Å². The van der Waals surface area contributed by atoms with Gasteiger partial charge in [0.15, 0.2) is 6.61 Å². The van der Waals surface area contributed by atoms with Crippen molar-refractivity contribution in [3.8, 4) is 5.75 Å². The third kappa shape index (κ3) is 5.69. The van der Waals surface area contributed by atoms with Crippen LogP contribution in [0.25, 0.3) is 0 Å². The summed E-state index contributed by atoms with van der Waals surface area (Å²) in [6.07, 6.45) is 0. The van der Waals surface area contributed by atoms with E-state index >= 15 is 0 Å². The number of carbonyl (C=O) groups is 1. The molecule has 1 aliphatic rings. The van der Waals surface area contributed by atoms with E-state index < -0.39 is 0 Å². The summed E-state index contributed by atoms with van der Waals surface area (Å²) in [4.78, 5) is 13.7. The molecule has 1 fully saturated rings. The highest BCUT2D eigenvalue weighted by Gasteiger charge is 2.27. The lowest BCUT2D eigenvalue weighted by atomic mass is 10.0. The SMILES string of the molecule is COC(=O)COc1c(C)cc(CNCC(C)(C)N2CCOCC2)cc1C. The predicted molar refractivity (Wildman–Crippen MR) is 102 cm³/mol. The Balaban J connectivity index is 1.90. The zero-order chi connectivity index (χ0) is 19.2. The van der Waals surface area contributed by atoms with E-state index in [9.17, 15) is 4.79 Å². The van der Waals surface area contributed by atoms with Gasteiger partial charge in [-0.05, 0) is 44.4 Å². The number of aryl methyl sites for hydroxylation is 2. The summed E-state index contributed by atoms with van der Waals surface area (Å²) in [5, 5.41) is 3.58. The fourth-order valence-electron chi connectivity index (χ4n) is 3.35. The number of benzene rings is 1. The minimum atomic E-state index is -0.375. The first-order chi connectivity index (χ1) is 12.3. The first kappa shape index (κ1) is 20.7. The number of hydrogen-bond acceptors (Lipinski definition) is 6. The Morgan fingerprint density at radius 1 is 1.23 bits per heavy atom. The van der Waals surface area contributed by atoms with Crippen molar-refractivity contribution < 1.29 is 19.0 Å². The Labute approximate surface area is 156 Å². The van der Waals surface area contributed by atoms with Gasteiger partial charge in [-0.3, -0.25) is 4.90 Å². The maximum Gasteiger partial charge on any atom is 0.343 e. The molecule has 6 nitrogen and oxygen atoms in total. The molecule has 0 amide bonds. The van der Waals surface area contributed by atoms with Crippen molar-refractivity contribution in [2.75, 3.05) is 46.6 Å².